The van der Waals surface area contributed by atoms with Crippen molar-refractivity contribution in [3.05, 3.63) is 11.6 Å². The van der Waals surface area contributed by atoms with Crippen molar-refractivity contribution in [1.82, 2.24) is 0 Å². The van der Waals surface area contributed by atoms with E-state index in [4.69, 9.17) is 0 Å². The van der Waals surface area contributed by atoms with Gasteiger partial charge in [0.15, 0.2) is 0 Å². The molecule has 1 aliphatic heterocycles. The van der Waals surface area contributed by atoms with E-state index < -0.39 is 7.14 Å². The third kappa shape index (κ3) is 2.48. The van der Waals surface area contributed by atoms with Crippen molar-refractivity contribution in [2.45, 2.75) is 20.8 Å². The minimum absolute atomic E-state index is 0.583. The zero-order valence-electron chi connectivity index (χ0n) is 7.63. The molecule has 1 aliphatic rings. The lowest BCUT2D eigenvalue weighted by atomic mass is 10.3. The van der Waals surface area contributed by atoms with Crippen LogP contribution in [-0.4, -0.2) is 18.5 Å². The maximum Gasteiger partial charge on any atom is 0.0954 e. The maximum atomic E-state index is 12.0. The van der Waals surface area contributed by atoms with Crippen molar-refractivity contribution in [2.24, 2.45) is 5.92 Å². The van der Waals surface area contributed by atoms with Crippen molar-refractivity contribution in [1.29, 1.82) is 0 Å². The Morgan fingerprint density at radius 3 is 2.64 bits per heavy atom. The minimum Gasteiger partial charge on any atom is -0.323 e. The molecule has 0 N–H and O–H groups in total. The predicted octanol–water partition coefficient (Wildman–Crippen LogP) is 2.97. The van der Waals surface area contributed by atoms with Crippen LogP contribution in [0.15, 0.2) is 11.6 Å². The Morgan fingerprint density at radius 2 is 2.27 bits per heavy atom. The first kappa shape index (κ1) is 9.06. The molecular weight excluding hydrogens is 155 g/mol. The zero-order chi connectivity index (χ0) is 8.48. The molecule has 0 radical (unpaired) electrons. The van der Waals surface area contributed by atoms with Gasteiger partial charge >= 0.3 is 0 Å². The third-order valence-corrected chi connectivity index (χ3v) is 5.33. The predicted molar refractivity (Wildman–Crippen MR) is 50.8 cm³/mol. The van der Waals surface area contributed by atoms with Crippen molar-refractivity contribution in [3.63, 3.8) is 0 Å². The van der Waals surface area contributed by atoms with E-state index in [1.54, 1.807) is 0 Å². The summed E-state index contributed by atoms with van der Waals surface area (Å²) < 4.78 is 12.0. The summed E-state index contributed by atoms with van der Waals surface area (Å²) in [5.41, 5.74) is 1.33. The van der Waals surface area contributed by atoms with Gasteiger partial charge in [-0.1, -0.05) is 25.5 Å². The standard InChI is InChI=1S/C9H17OP/c1-8(2)6-11(10)5-4-9(3)7-11/h4,8H,5-7H2,1-3H3. The first-order chi connectivity index (χ1) is 5.02. The minimum atomic E-state index is -1.77. The largest absolute Gasteiger partial charge is 0.323 e. The highest BCUT2D eigenvalue weighted by molar-refractivity contribution is 7.64. The molecule has 0 aromatic rings. The summed E-state index contributed by atoms with van der Waals surface area (Å²) in [7, 11) is -1.77. The Labute approximate surface area is 69.3 Å². The van der Waals surface area contributed by atoms with Gasteiger partial charge in [0, 0.05) is 18.5 Å². The lowest BCUT2D eigenvalue weighted by Crippen LogP contribution is -2.00. The molecule has 2 heteroatoms. The van der Waals surface area contributed by atoms with E-state index in [-0.39, 0.29) is 0 Å². The molecule has 1 unspecified atom stereocenters. The molecule has 1 rings (SSSR count). The molecule has 0 amide bonds. The number of rotatable bonds is 2. The van der Waals surface area contributed by atoms with Gasteiger partial charge in [-0.05, 0) is 12.8 Å². The molecule has 0 aromatic carbocycles. The van der Waals surface area contributed by atoms with Crippen molar-refractivity contribution < 1.29 is 4.57 Å². The van der Waals surface area contributed by atoms with Crippen LogP contribution >= 0.6 is 7.14 Å². The van der Waals surface area contributed by atoms with E-state index in [0.29, 0.717) is 5.92 Å². The summed E-state index contributed by atoms with van der Waals surface area (Å²) in [6.07, 6.45) is 4.81. The van der Waals surface area contributed by atoms with Crippen molar-refractivity contribution in [2.75, 3.05) is 18.5 Å². The van der Waals surface area contributed by atoms with Crippen molar-refractivity contribution >= 4 is 7.14 Å². The van der Waals surface area contributed by atoms with Crippen LogP contribution in [0.5, 0.6) is 0 Å². The van der Waals surface area contributed by atoms with Gasteiger partial charge in [-0.15, -0.1) is 0 Å². The van der Waals surface area contributed by atoms with Gasteiger partial charge < -0.3 is 4.57 Å². The summed E-state index contributed by atoms with van der Waals surface area (Å²) >= 11 is 0. The number of hydrogen-bond acceptors (Lipinski definition) is 1. The average molecular weight is 172 g/mol. The van der Waals surface area contributed by atoms with Gasteiger partial charge in [-0.3, -0.25) is 0 Å². The Balaban J connectivity index is 2.53. The molecule has 0 saturated heterocycles. The third-order valence-electron chi connectivity index (χ3n) is 2.01. The van der Waals surface area contributed by atoms with E-state index in [1.807, 2.05) is 0 Å². The highest BCUT2D eigenvalue weighted by Crippen LogP contribution is 2.52. The lowest BCUT2D eigenvalue weighted by molar-refractivity contribution is 0.570. The normalized spacial score (nSPS) is 31.1. The summed E-state index contributed by atoms with van der Waals surface area (Å²) in [6.45, 7) is 6.38. The fourth-order valence-electron chi connectivity index (χ4n) is 1.71. The number of allylic oxidation sites excluding steroid dienone is 2. The van der Waals surface area contributed by atoms with Gasteiger partial charge in [-0.25, -0.2) is 0 Å². The Hall–Kier alpha value is -0.0300. The van der Waals surface area contributed by atoms with Crippen molar-refractivity contribution in [3.8, 4) is 0 Å². The second-order valence-corrected chi connectivity index (χ2v) is 7.19. The fraction of sp³-hybridized carbons (Fsp3) is 0.778. The molecule has 0 aromatic heterocycles. The van der Waals surface area contributed by atoms with Crippen LogP contribution in [0.1, 0.15) is 20.8 Å². The number of hydrogen-bond donors (Lipinski definition) is 0. The summed E-state index contributed by atoms with van der Waals surface area (Å²) in [6, 6.07) is 0. The molecule has 0 fully saturated rings. The average Bonchev–Trinajstić information content (AvgIpc) is 2.08. The van der Waals surface area contributed by atoms with Gasteiger partial charge in [0.05, 0.1) is 7.14 Å². The zero-order valence-corrected chi connectivity index (χ0v) is 8.53. The molecule has 11 heavy (non-hydrogen) atoms. The monoisotopic (exact) mass is 172 g/mol. The summed E-state index contributed by atoms with van der Waals surface area (Å²) in [4.78, 5) is 0. The Morgan fingerprint density at radius 1 is 1.64 bits per heavy atom. The quantitative estimate of drug-likeness (QED) is 0.462. The van der Waals surface area contributed by atoms with E-state index >= 15 is 0 Å². The Bertz CT molecular complexity index is 216. The first-order valence-corrected chi connectivity index (χ1v) is 6.51. The van der Waals surface area contributed by atoms with Crippen LogP contribution in [0.4, 0.5) is 0 Å². The molecule has 64 valence electrons. The smallest absolute Gasteiger partial charge is 0.0954 e. The maximum absolute atomic E-state index is 12.0. The van der Waals surface area contributed by atoms with Crippen LogP contribution in [-0.2, 0) is 4.57 Å². The highest BCUT2D eigenvalue weighted by atomic mass is 31.2. The summed E-state index contributed by atoms with van der Waals surface area (Å²) in [5.74, 6) is 0.583. The van der Waals surface area contributed by atoms with E-state index in [9.17, 15) is 4.57 Å². The second kappa shape index (κ2) is 3.15. The van der Waals surface area contributed by atoms with Crippen LogP contribution in [0.3, 0.4) is 0 Å². The molecule has 0 bridgehead atoms. The molecular formula is C9H17OP. The van der Waals surface area contributed by atoms with E-state index in [0.717, 1.165) is 18.5 Å². The molecule has 0 spiro atoms. The second-order valence-electron chi connectivity index (χ2n) is 4.03. The van der Waals surface area contributed by atoms with Crippen LogP contribution in [0.25, 0.3) is 0 Å². The summed E-state index contributed by atoms with van der Waals surface area (Å²) in [5, 5.41) is 0. The topological polar surface area (TPSA) is 17.1 Å². The highest BCUT2D eigenvalue weighted by Gasteiger charge is 2.26. The Kier molecular flexibility index (Phi) is 2.59. The molecule has 1 nitrogen and oxygen atoms in total. The van der Waals surface area contributed by atoms with Gasteiger partial charge in [0.2, 0.25) is 0 Å². The fourth-order valence-corrected chi connectivity index (χ4v) is 5.13. The first-order valence-electron chi connectivity index (χ1n) is 4.24. The lowest BCUT2D eigenvalue weighted by Gasteiger charge is -2.13. The van der Waals surface area contributed by atoms with E-state index in [2.05, 4.69) is 26.8 Å². The SMILES string of the molecule is CC1=CCP(=O)(CC(C)C)C1. The molecule has 1 heterocycles. The van der Waals surface area contributed by atoms with E-state index in [1.165, 1.54) is 5.57 Å². The molecule has 0 aliphatic carbocycles. The van der Waals surface area contributed by atoms with Gasteiger partial charge in [0.1, 0.15) is 0 Å². The van der Waals surface area contributed by atoms with Crippen LogP contribution in [0.2, 0.25) is 0 Å². The van der Waals surface area contributed by atoms with Gasteiger partial charge in [0.25, 0.3) is 0 Å². The molecule has 1 atom stereocenters. The van der Waals surface area contributed by atoms with Gasteiger partial charge in [-0.2, -0.15) is 0 Å². The van der Waals surface area contributed by atoms with Crippen LogP contribution < -0.4 is 0 Å². The van der Waals surface area contributed by atoms with Crippen LogP contribution in [0, 0.1) is 5.92 Å². The molecule has 0 saturated carbocycles.